The molecule has 18 heavy (non-hydrogen) atoms. The summed E-state index contributed by atoms with van der Waals surface area (Å²) in [7, 11) is 0. The van der Waals surface area contributed by atoms with Crippen LogP contribution in [0.5, 0.6) is 5.75 Å². The van der Waals surface area contributed by atoms with Gasteiger partial charge in [0, 0.05) is 5.54 Å². The summed E-state index contributed by atoms with van der Waals surface area (Å²) >= 11 is 0. The molecule has 1 amide bonds. The first-order valence-electron chi connectivity index (χ1n) is 5.69. The van der Waals surface area contributed by atoms with Gasteiger partial charge in [-0.05, 0) is 38.5 Å². The van der Waals surface area contributed by atoms with E-state index in [1.165, 1.54) is 17.0 Å². The Morgan fingerprint density at radius 2 is 1.78 bits per heavy atom. The Morgan fingerprint density at radius 1 is 1.28 bits per heavy atom. The van der Waals surface area contributed by atoms with Crippen LogP contribution in [0.1, 0.15) is 32.4 Å². The average molecular weight is 253 g/mol. The Hall–Kier alpha value is -1.75. The van der Waals surface area contributed by atoms with Gasteiger partial charge in [-0.15, -0.1) is 0 Å². The molecule has 5 nitrogen and oxygen atoms in total. The molecule has 1 aromatic carbocycles. The number of carbonyl (C=O) groups is 1. The number of β-amino-alcohol motifs (C(OH)–C–C–N with tert-alkyl or cyclic N) is 1. The summed E-state index contributed by atoms with van der Waals surface area (Å²) in [5, 5.41) is 28.3. The maximum Gasteiger partial charge on any atom is 0.407 e. The van der Waals surface area contributed by atoms with Crippen LogP contribution >= 0.6 is 0 Å². The number of carboxylic acid groups (broad SMARTS) is 1. The number of hydrogen-bond acceptors (Lipinski definition) is 3. The molecule has 0 saturated heterocycles. The summed E-state index contributed by atoms with van der Waals surface area (Å²) in [6.45, 7) is 5.30. The summed E-state index contributed by atoms with van der Waals surface area (Å²) in [6, 6.07) is 6.06. The minimum absolute atomic E-state index is 0.0103. The number of aromatic hydroxyl groups is 1. The molecule has 3 N–H and O–H groups in total. The molecule has 0 aromatic heterocycles. The molecule has 0 heterocycles. The third kappa shape index (κ3) is 3.63. The van der Waals surface area contributed by atoms with Crippen LogP contribution in [0.25, 0.3) is 0 Å². The predicted molar refractivity (Wildman–Crippen MR) is 67.6 cm³/mol. The molecular weight excluding hydrogens is 234 g/mol. The Bertz CT molecular complexity index is 408. The van der Waals surface area contributed by atoms with Gasteiger partial charge in [0.2, 0.25) is 0 Å². The second kappa shape index (κ2) is 5.27. The minimum atomic E-state index is -1.07. The molecule has 0 bridgehead atoms. The number of rotatable bonds is 3. The van der Waals surface area contributed by atoms with E-state index >= 15 is 0 Å². The molecule has 0 saturated carbocycles. The molecule has 0 radical (unpaired) electrons. The smallest absolute Gasteiger partial charge is 0.407 e. The van der Waals surface area contributed by atoms with Crippen LogP contribution in [0.15, 0.2) is 24.3 Å². The third-order valence-corrected chi connectivity index (χ3v) is 2.67. The molecule has 5 heteroatoms. The summed E-state index contributed by atoms with van der Waals surface area (Å²) in [5.41, 5.74) is -0.00713. The zero-order valence-electron chi connectivity index (χ0n) is 10.8. The van der Waals surface area contributed by atoms with Crippen molar-refractivity contribution in [3.05, 3.63) is 29.8 Å². The van der Waals surface area contributed by atoms with E-state index in [9.17, 15) is 9.90 Å². The van der Waals surface area contributed by atoms with Gasteiger partial charge in [0.25, 0.3) is 0 Å². The van der Waals surface area contributed by atoms with E-state index in [0.717, 1.165) is 0 Å². The number of benzene rings is 1. The van der Waals surface area contributed by atoms with Crippen LogP contribution in [0.3, 0.4) is 0 Å². The van der Waals surface area contributed by atoms with E-state index in [4.69, 9.17) is 10.2 Å². The fourth-order valence-electron chi connectivity index (χ4n) is 1.61. The molecular formula is C13H19NO4. The summed E-state index contributed by atoms with van der Waals surface area (Å²) in [6.07, 6.45) is -1.98. The molecule has 0 fully saturated rings. The first-order chi connectivity index (χ1) is 8.21. The van der Waals surface area contributed by atoms with Crippen molar-refractivity contribution in [3.8, 4) is 5.75 Å². The highest BCUT2D eigenvalue weighted by molar-refractivity contribution is 5.66. The maximum absolute atomic E-state index is 11.1. The largest absolute Gasteiger partial charge is 0.508 e. The molecule has 100 valence electrons. The fraction of sp³-hybridized carbons (Fsp3) is 0.462. The van der Waals surface area contributed by atoms with Gasteiger partial charge >= 0.3 is 6.09 Å². The highest BCUT2D eigenvalue weighted by atomic mass is 16.4. The monoisotopic (exact) mass is 253 g/mol. The van der Waals surface area contributed by atoms with Crippen LogP contribution in [0, 0.1) is 0 Å². The van der Waals surface area contributed by atoms with Gasteiger partial charge in [-0.2, -0.15) is 0 Å². The molecule has 1 atom stereocenters. The number of aliphatic hydroxyl groups is 1. The zero-order valence-corrected chi connectivity index (χ0v) is 10.8. The highest BCUT2D eigenvalue weighted by Crippen LogP contribution is 2.21. The summed E-state index contributed by atoms with van der Waals surface area (Å²) in [4.78, 5) is 12.3. The number of amides is 1. The Balaban J connectivity index is 2.82. The molecule has 1 aromatic rings. The number of nitrogens with zero attached hydrogens (tertiary/aromatic N) is 1. The van der Waals surface area contributed by atoms with Crippen molar-refractivity contribution in [1.82, 2.24) is 4.90 Å². The quantitative estimate of drug-likeness (QED) is 0.771. The van der Waals surface area contributed by atoms with Crippen LogP contribution in [-0.4, -0.2) is 38.4 Å². The van der Waals surface area contributed by atoms with E-state index < -0.39 is 17.7 Å². The first-order valence-corrected chi connectivity index (χ1v) is 5.69. The van der Waals surface area contributed by atoms with Crippen molar-refractivity contribution >= 4 is 6.09 Å². The lowest BCUT2D eigenvalue weighted by Crippen LogP contribution is -2.46. The molecule has 1 rings (SSSR count). The number of aliphatic hydroxyl groups excluding tert-OH is 1. The fourth-order valence-corrected chi connectivity index (χ4v) is 1.61. The van der Waals surface area contributed by atoms with Crippen molar-refractivity contribution in [2.24, 2.45) is 0 Å². The van der Waals surface area contributed by atoms with Crippen molar-refractivity contribution in [1.29, 1.82) is 0 Å². The maximum atomic E-state index is 11.1. The Morgan fingerprint density at radius 3 is 2.17 bits per heavy atom. The average Bonchev–Trinajstić information content (AvgIpc) is 2.24. The van der Waals surface area contributed by atoms with Crippen molar-refractivity contribution in [3.63, 3.8) is 0 Å². The Kier molecular flexibility index (Phi) is 4.19. The zero-order chi connectivity index (χ0) is 13.9. The normalized spacial score (nSPS) is 13.1. The molecule has 0 aliphatic heterocycles. The lowest BCUT2D eigenvalue weighted by atomic mass is 10.0. The van der Waals surface area contributed by atoms with E-state index in [1.54, 1.807) is 32.9 Å². The molecule has 1 unspecified atom stereocenters. The van der Waals surface area contributed by atoms with Gasteiger partial charge in [0.05, 0.1) is 12.6 Å². The van der Waals surface area contributed by atoms with Crippen LogP contribution < -0.4 is 0 Å². The standard InChI is InChI=1S/C13H19NO4/c1-13(2,3)14(12(17)18)8-11(16)9-4-6-10(15)7-5-9/h4-7,11,15-16H,8H2,1-3H3,(H,17,18). The predicted octanol–water partition coefficient (Wildman–Crippen LogP) is 2.20. The Labute approximate surface area is 106 Å². The van der Waals surface area contributed by atoms with Gasteiger partial charge in [0.15, 0.2) is 0 Å². The number of phenols is 1. The lowest BCUT2D eigenvalue weighted by Gasteiger charge is -2.34. The van der Waals surface area contributed by atoms with Crippen LogP contribution in [0.2, 0.25) is 0 Å². The van der Waals surface area contributed by atoms with Crippen LogP contribution in [-0.2, 0) is 0 Å². The summed E-state index contributed by atoms with van der Waals surface area (Å²) < 4.78 is 0. The highest BCUT2D eigenvalue weighted by Gasteiger charge is 2.28. The van der Waals surface area contributed by atoms with Gasteiger partial charge in [0.1, 0.15) is 5.75 Å². The van der Waals surface area contributed by atoms with Gasteiger partial charge in [-0.3, -0.25) is 0 Å². The van der Waals surface area contributed by atoms with Gasteiger partial charge in [-0.25, -0.2) is 4.79 Å². The van der Waals surface area contributed by atoms with E-state index in [0.29, 0.717) is 5.56 Å². The SMILES string of the molecule is CC(C)(C)N(CC(O)c1ccc(O)cc1)C(=O)O. The van der Waals surface area contributed by atoms with Gasteiger partial charge in [-0.1, -0.05) is 12.1 Å². The topological polar surface area (TPSA) is 81.0 Å². The van der Waals surface area contributed by atoms with Crippen molar-refractivity contribution in [2.45, 2.75) is 32.4 Å². The first kappa shape index (κ1) is 14.3. The van der Waals surface area contributed by atoms with E-state index in [-0.39, 0.29) is 12.3 Å². The van der Waals surface area contributed by atoms with Gasteiger partial charge < -0.3 is 20.2 Å². The molecule has 0 aliphatic carbocycles. The summed E-state index contributed by atoms with van der Waals surface area (Å²) in [5.74, 6) is 0.108. The van der Waals surface area contributed by atoms with E-state index in [1.807, 2.05) is 0 Å². The number of phenolic OH excluding ortho intramolecular Hbond substituents is 1. The second-order valence-electron chi connectivity index (χ2n) is 5.17. The van der Waals surface area contributed by atoms with E-state index in [2.05, 4.69) is 0 Å². The molecule has 0 spiro atoms. The minimum Gasteiger partial charge on any atom is -0.508 e. The van der Waals surface area contributed by atoms with Crippen molar-refractivity contribution in [2.75, 3.05) is 6.54 Å². The van der Waals surface area contributed by atoms with Crippen LogP contribution in [0.4, 0.5) is 4.79 Å². The lowest BCUT2D eigenvalue weighted by molar-refractivity contribution is 0.0556. The van der Waals surface area contributed by atoms with Crippen molar-refractivity contribution < 1.29 is 20.1 Å². The second-order valence-corrected chi connectivity index (χ2v) is 5.17. The third-order valence-electron chi connectivity index (χ3n) is 2.67. The number of hydrogen-bond donors (Lipinski definition) is 3. The molecule has 0 aliphatic rings.